The quantitative estimate of drug-likeness (QED) is 0.439. The number of anilines is 1. The van der Waals surface area contributed by atoms with Gasteiger partial charge in [-0.05, 0) is 30.3 Å². The highest BCUT2D eigenvalue weighted by molar-refractivity contribution is 8.01. The molecule has 0 saturated carbocycles. The van der Waals surface area contributed by atoms with Gasteiger partial charge in [0.2, 0.25) is 11.0 Å². The summed E-state index contributed by atoms with van der Waals surface area (Å²) in [5.41, 5.74) is 0.455. The van der Waals surface area contributed by atoms with Crippen LogP contribution in [0.2, 0.25) is 0 Å². The van der Waals surface area contributed by atoms with Gasteiger partial charge in [0.05, 0.1) is 25.7 Å². The summed E-state index contributed by atoms with van der Waals surface area (Å²) in [6.07, 6.45) is 1.55. The second kappa shape index (κ2) is 9.19. The molecule has 8 nitrogen and oxygen atoms in total. The number of amides is 2. The maximum absolute atomic E-state index is 12.2. The van der Waals surface area contributed by atoms with E-state index in [-0.39, 0.29) is 17.6 Å². The monoisotopic (exact) mass is 404 g/mol. The van der Waals surface area contributed by atoms with Crippen LogP contribution in [0.25, 0.3) is 0 Å². The number of furan rings is 1. The number of thioether (sulfide) groups is 1. The van der Waals surface area contributed by atoms with Gasteiger partial charge < -0.3 is 14.5 Å². The normalized spacial score (nSPS) is 10.4. The van der Waals surface area contributed by atoms with Gasteiger partial charge in [-0.25, -0.2) is 0 Å². The molecule has 0 aliphatic heterocycles. The molecule has 2 heterocycles. The third-order valence-corrected chi connectivity index (χ3v) is 5.30. The van der Waals surface area contributed by atoms with E-state index in [1.807, 2.05) is 0 Å². The highest BCUT2D eigenvalue weighted by Gasteiger charge is 2.12. The average molecular weight is 404 g/mol. The fourth-order valence-corrected chi connectivity index (χ4v) is 3.61. The molecule has 27 heavy (non-hydrogen) atoms. The van der Waals surface area contributed by atoms with Crippen molar-refractivity contribution in [2.75, 3.05) is 18.2 Å². The number of carbonyl (C=O) groups excluding carboxylic acids is 2. The van der Waals surface area contributed by atoms with Crippen molar-refractivity contribution in [2.45, 2.75) is 10.9 Å². The minimum Gasteiger partial charge on any atom is -0.497 e. The zero-order chi connectivity index (χ0) is 19.1. The Labute approximate surface area is 163 Å². The molecule has 0 aliphatic carbocycles. The number of nitrogens with zero attached hydrogens (tertiary/aromatic N) is 2. The van der Waals surface area contributed by atoms with Crippen molar-refractivity contribution in [1.29, 1.82) is 0 Å². The summed E-state index contributed by atoms with van der Waals surface area (Å²) in [6, 6.07) is 10.4. The van der Waals surface area contributed by atoms with Gasteiger partial charge in [-0.3, -0.25) is 14.9 Å². The van der Waals surface area contributed by atoms with E-state index in [1.165, 1.54) is 30.2 Å². The summed E-state index contributed by atoms with van der Waals surface area (Å²) in [7, 11) is 1.54. The van der Waals surface area contributed by atoms with Crippen molar-refractivity contribution in [3.8, 4) is 5.75 Å². The van der Waals surface area contributed by atoms with E-state index in [2.05, 4.69) is 20.8 Å². The lowest BCUT2D eigenvalue weighted by molar-refractivity contribution is -0.118. The first-order valence-corrected chi connectivity index (χ1v) is 9.65. The van der Waals surface area contributed by atoms with Crippen molar-refractivity contribution < 1.29 is 18.7 Å². The number of carbonyl (C=O) groups is 2. The molecule has 1 aromatic carbocycles. The van der Waals surface area contributed by atoms with Crippen LogP contribution in [0.1, 0.15) is 16.1 Å². The largest absolute Gasteiger partial charge is 0.497 e. The van der Waals surface area contributed by atoms with Crippen molar-refractivity contribution in [1.82, 2.24) is 15.5 Å². The Balaban J connectivity index is 1.47. The molecular formula is C17H16N4O4S2. The highest BCUT2D eigenvalue weighted by atomic mass is 32.2. The van der Waals surface area contributed by atoms with Crippen LogP contribution in [-0.4, -0.2) is 34.9 Å². The summed E-state index contributed by atoms with van der Waals surface area (Å²) >= 11 is 2.45. The molecule has 2 N–H and O–H groups in total. The lowest BCUT2D eigenvalue weighted by atomic mass is 10.2. The number of ether oxygens (including phenoxy) is 1. The van der Waals surface area contributed by atoms with Crippen LogP contribution in [0.15, 0.2) is 51.4 Å². The molecule has 0 unspecified atom stereocenters. The molecule has 0 radical (unpaired) electrons. The van der Waals surface area contributed by atoms with Crippen molar-refractivity contribution >= 4 is 40.0 Å². The summed E-state index contributed by atoms with van der Waals surface area (Å²) in [5.74, 6) is 1.02. The Morgan fingerprint density at radius 2 is 2.15 bits per heavy atom. The van der Waals surface area contributed by atoms with Gasteiger partial charge in [0.25, 0.3) is 5.91 Å². The van der Waals surface area contributed by atoms with Crippen LogP contribution in [0.5, 0.6) is 5.75 Å². The van der Waals surface area contributed by atoms with Gasteiger partial charge in [-0.15, -0.1) is 10.2 Å². The van der Waals surface area contributed by atoms with E-state index in [1.54, 1.807) is 42.7 Å². The number of hydrogen-bond donors (Lipinski definition) is 2. The average Bonchev–Trinajstić information content (AvgIpc) is 3.36. The first kappa shape index (κ1) is 18.9. The van der Waals surface area contributed by atoms with Gasteiger partial charge in [-0.1, -0.05) is 29.2 Å². The van der Waals surface area contributed by atoms with E-state index in [9.17, 15) is 9.59 Å². The molecule has 3 rings (SSSR count). The third kappa shape index (κ3) is 5.56. The molecule has 0 atom stereocenters. The van der Waals surface area contributed by atoms with E-state index in [0.29, 0.717) is 33.1 Å². The maximum atomic E-state index is 12.2. The Morgan fingerprint density at radius 1 is 1.26 bits per heavy atom. The summed E-state index contributed by atoms with van der Waals surface area (Å²) < 4.78 is 10.8. The molecule has 10 heteroatoms. The zero-order valence-electron chi connectivity index (χ0n) is 14.3. The molecule has 0 saturated heterocycles. The van der Waals surface area contributed by atoms with E-state index < -0.39 is 0 Å². The van der Waals surface area contributed by atoms with Crippen LogP contribution in [0.4, 0.5) is 5.13 Å². The number of rotatable bonds is 8. The van der Waals surface area contributed by atoms with Crippen LogP contribution < -0.4 is 15.4 Å². The number of hydrogen-bond acceptors (Lipinski definition) is 8. The predicted molar refractivity (Wildman–Crippen MR) is 102 cm³/mol. The first-order valence-electron chi connectivity index (χ1n) is 7.85. The van der Waals surface area contributed by atoms with Gasteiger partial charge in [-0.2, -0.15) is 0 Å². The molecule has 0 fully saturated rings. The van der Waals surface area contributed by atoms with Crippen LogP contribution >= 0.6 is 23.1 Å². The van der Waals surface area contributed by atoms with Gasteiger partial charge in [0, 0.05) is 5.56 Å². The molecular weight excluding hydrogens is 388 g/mol. The highest BCUT2D eigenvalue weighted by Crippen LogP contribution is 2.26. The molecule has 2 aromatic heterocycles. The molecule has 140 valence electrons. The van der Waals surface area contributed by atoms with Crippen molar-refractivity contribution in [3.63, 3.8) is 0 Å². The molecule has 0 bridgehead atoms. The Bertz CT molecular complexity index is 911. The van der Waals surface area contributed by atoms with Crippen LogP contribution in [0, 0.1) is 0 Å². The fraction of sp³-hybridized carbons (Fsp3) is 0.176. The number of methoxy groups -OCH3 is 1. The number of benzene rings is 1. The minimum absolute atomic E-state index is 0.145. The Hall–Kier alpha value is -2.85. The van der Waals surface area contributed by atoms with Crippen LogP contribution in [-0.2, 0) is 11.3 Å². The fourth-order valence-electron chi connectivity index (χ4n) is 2.03. The zero-order valence-corrected chi connectivity index (χ0v) is 15.9. The van der Waals surface area contributed by atoms with Gasteiger partial charge in [0.15, 0.2) is 4.34 Å². The number of nitrogens with one attached hydrogen (secondary N) is 2. The first-order chi connectivity index (χ1) is 13.1. The lowest BCUT2D eigenvalue weighted by Crippen LogP contribution is -2.24. The summed E-state index contributed by atoms with van der Waals surface area (Å²) in [4.78, 5) is 24.1. The van der Waals surface area contributed by atoms with E-state index >= 15 is 0 Å². The SMILES string of the molecule is COc1cccc(C(=O)Nc2nnc(SCC(=O)NCc3ccco3)s2)c1. The topological polar surface area (TPSA) is 106 Å². The molecule has 0 spiro atoms. The molecule has 2 amide bonds. The number of aromatic nitrogens is 2. The second-order valence-corrected chi connectivity index (χ2v) is 7.40. The molecule has 0 aliphatic rings. The predicted octanol–water partition coefficient (Wildman–Crippen LogP) is 2.80. The Kier molecular flexibility index (Phi) is 6.44. The maximum Gasteiger partial charge on any atom is 0.257 e. The molecule has 3 aromatic rings. The van der Waals surface area contributed by atoms with Crippen molar-refractivity contribution in [2.24, 2.45) is 0 Å². The van der Waals surface area contributed by atoms with Crippen molar-refractivity contribution in [3.05, 3.63) is 54.0 Å². The second-order valence-electron chi connectivity index (χ2n) is 5.20. The van der Waals surface area contributed by atoms with Gasteiger partial charge in [0.1, 0.15) is 11.5 Å². The van der Waals surface area contributed by atoms with Crippen LogP contribution in [0.3, 0.4) is 0 Å². The lowest BCUT2D eigenvalue weighted by Gasteiger charge is -2.03. The Morgan fingerprint density at radius 3 is 2.93 bits per heavy atom. The van der Waals surface area contributed by atoms with E-state index in [0.717, 1.165) is 0 Å². The smallest absolute Gasteiger partial charge is 0.257 e. The standard InChI is InChI=1S/C17H16N4O4S2/c1-24-12-5-2-4-11(8-12)15(23)19-16-20-21-17(27-16)26-10-14(22)18-9-13-6-3-7-25-13/h2-8H,9-10H2,1H3,(H,18,22)(H,19,20,23). The summed E-state index contributed by atoms with van der Waals surface area (Å²) in [5, 5.41) is 13.7. The van der Waals surface area contributed by atoms with Gasteiger partial charge >= 0.3 is 0 Å². The summed E-state index contributed by atoms with van der Waals surface area (Å²) in [6.45, 7) is 0.338. The minimum atomic E-state index is -0.308. The van der Waals surface area contributed by atoms with E-state index in [4.69, 9.17) is 9.15 Å². The third-order valence-electron chi connectivity index (χ3n) is 3.33.